The van der Waals surface area contributed by atoms with Crippen LogP contribution in [0.1, 0.15) is 5.56 Å². The summed E-state index contributed by atoms with van der Waals surface area (Å²) in [5.74, 6) is 0.845. The average Bonchev–Trinajstić information content (AvgIpc) is 3.22. The molecule has 0 aliphatic rings. The molecule has 0 saturated carbocycles. The molecule has 5 rings (SSSR count). The number of fused-ring (bicyclic) bond motifs is 2. The van der Waals surface area contributed by atoms with E-state index in [9.17, 15) is 0 Å². The minimum atomic E-state index is 0.712. The van der Waals surface area contributed by atoms with Gasteiger partial charge in [-0.2, -0.15) is 0 Å². The molecule has 0 atom stereocenters. The van der Waals surface area contributed by atoms with E-state index in [0.29, 0.717) is 5.02 Å². The average molecular weight is 358 g/mol. The highest BCUT2D eigenvalue weighted by Gasteiger charge is 2.18. The highest BCUT2D eigenvalue weighted by atomic mass is 35.5. The Bertz CT molecular complexity index is 1250. The molecule has 2 N–H and O–H groups in total. The quantitative estimate of drug-likeness (QED) is 0.380. The Morgan fingerprint density at radius 2 is 1.69 bits per heavy atom. The lowest BCUT2D eigenvalue weighted by Crippen LogP contribution is -1.84. The van der Waals surface area contributed by atoms with Crippen LogP contribution in [0.4, 0.5) is 0 Å². The second-order valence-electron chi connectivity index (χ2n) is 6.54. The third-order valence-corrected chi connectivity index (χ3v) is 4.93. The molecule has 2 aromatic heterocycles. The minimum Gasteiger partial charge on any atom is -0.354 e. The molecule has 3 nitrogen and oxygen atoms in total. The van der Waals surface area contributed by atoms with Gasteiger partial charge in [-0.3, -0.25) is 0 Å². The van der Waals surface area contributed by atoms with Crippen molar-refractivity contribution in [3.05, 3.63) is 77.3 Å². The number of nitrogens with zero attached hydrogens (tertiary/aromatic N) is 1. The van der Waals surface area contributed by atoms with E-state index in [0.717, 1.165) is 44.6 Å². The molecule has 0 bridgehead atoms. The minimum absolute atomic E-state index is 0.712. The molecule has 5 aromatic rings. The van der Waals surface area contributed by atoms with E-state index in [1.807, 2.05) is 36.4 Å². The molecular weight excluding hydrogens is 342 g/mol. The number of aryl methyl sites for hydroxylation is 1. The van der Waals surface area contributed by atoms with Crippen LogP contribution in [-0.4, -0.2) is 15.0 Å². The Balaban J connectivity index is 1.85. The molecule has 0 aliphatic heterocycles. The van der Waals surface area contributed by atoms with Crippen molar-refractivity contribution < 1.29 is 0 Å². The van der Waals surface area contributed by atoms with Crippen molar-refractivity contribution in [2.75, 3.05) is 0 Å². The molecular formula is C22H16ClN3. The normalized spacial score (nSPS) is 11.5. The first kappa shape index (κ1) is 15.2. The van der Waals surface area contributed by atoms with E-state index in [1.54, 1.807) is 0 Å². The Morgan fingerprint density at radius 1 is 0.846 bits per heavy atom. The maximum atomic E-state index is 6.29. The second-order valence-corrected chi connectivity index (χ2v) is 6.97. The number of hydrogen-bond donors (Lipinski definition) is 2. The summed E-state index contributed by atoms with van der Waals surface area (Å²) in [6.45, 7) is 2.08. The van der Waals surface area contributed by atoms with Crippen molar-refractivity contribution in [3.8, 4) is 22.6 Å². The monoisotopic (exact) mass is 357 g/mol. The summed E-state index contributed by atoms with van der Waals surface area (Å²) in [6.07, 6.45) is 0. The smallest absolute Gasteiger partial charge is 0.141 e. The molecule has 126 valence electrons. The summed E-state index contributed by atoms with van der Waals surface area (Å²) in [4.78, 5) is 11.9. The van der Waals surface area contributed by atoms with Gasteiger partial charge in [0.05, 0.1) is 22.3 Å². The standard InChI is InChI=1S/C22H16ClN3/c1-13-7-9-18-19(11-13)26-22(25-18)20-16-12-15(23)8-10-17(16)24-21(20)14-5-3-2-4-6-14/h2-12,24H,1H3,(H,25,26). The van der Waals surface area contributed by atoms with Crippen molar-refractivity contribution >= 4 is 33.5 Å². The third kappa shape index (κ3) is 2.40. The zero-order valence-corrected chi connectivity index (χ0v) is 14.9. The van der Waals surface area contributed by atoms with E-state index >= 15 is 0 Å². The molecule has 26 heavy (non-hydrogen) atoms. The Labute approximate surface area is 155 Å². The molecule has 0 unspecified atom stereocenters. The number of benzene rings is 3. The number of hydrogen-bond acceptors (Lipinski definition) is 1. The predicted molar refractivity (Wildman–Crippen MR) is 109 cm³/mol. The van der Waals surface area contributed by atoms with Gasteiger partial charge in [-0.1, -0.05) is 48.0 Å². The van der Waals surface area contributed by atoms with Crippen LogP contribution in [0, 0.1) is 6.92 Å². The highest BCUT2D eigenvalue weighted by molar-refractivity contribution is 6.31. The first-order valence-corrected chi connectivity index (χ1v) is 8.90. The first-order valence-electron chi connectivity index (χ1n) is 8.52. The Hall–Kier alpha value is -3.04. The highest BCUT2D eigenvalue weighted by Crippen LogP contribution is 2.38. The molecule has 2 heterocycles. The fourth-order valence-electron chi connectivity index (χ4n) is 3.47. The van der Waals surface area contributed by atoms with E-state index in [-0.39, 0.29) is 0 Å². The number of rotatable bonds is 2. The number of halogens is 1. The fraction of sp³-hybridized carbons (Fsp3) is 0.0455. The Morgan fingerprint density at radius 3 is 2.54 bits per heavy atom. The van der Waals surface area contributed by atoms with Gasteiger partial charge in [0, 0.05) is 15.9 Å². The SMILES string of the molecule is Cc1ccc2nc(-c3c(-c4ccccc4)[nH]c4ccc(Cl)cc34)[nH]c2c1. The zero-order valence-electron chi connectivity index (χ0n) is 14.2. The van der Waals surface area contributed by atoms with Gasteiger partial charge in [0.2, 0.25) is 0 Å². The number of aromatic amines is 2. The van der Waals surface area contributed by atoms with Gasteiger partial charge in [0.1, 0.15) is 5.82 Å². The fourth-order valence-corrected chi connectivity index (χ4v) is 3.65. The molecule has 0 saturated heterocycles. The summed E-state index contributed by atoms with van der Waals surface area (Å²) in [5, 5.41) is 1.77. The number of H-pyrrole nitrogens is 2. The lowest BCUT2D eigenvalue weighted by molar-refractivity contribution is 1.34. The largest absolute Gasteiger partial charge is 0.354 e. The van der Waals surface area contributed by atoms with Crippen LogP contribution >= 0.6 is 11.6 Å². The van der Waals surface area contributed by atoms with E-state index < -0.39 is 0 Å². The summed E-state index contributed by atoms with van der Waals surface area (Å²) in [5.41, 5.74) is 7.45. The van der Waals surface area contributed by atoms with Crippen LogP contribution in [0.5, 0.6) is 0 Å². The van der Waals surface area contributed by atoms with Crippen molar-refractivity contribution in [2.24, 2.45) is 0 Å². The number of aromatic nitrogens is 3. The first-order chi connectivity index (χ1) is 12.7. The predicted octanol–water partition coefficient (Wildman–Crippen LogP) is 6.34. The van der Waals surface area contributed by atoms with Crippen LogP contribution in [-0.2, 0) is 0 Å². The summed E-state index contributed by atoms with van der Waals surface area (Å²) < 4.78 is 0. The lowest BCUT2D eigenvalue weighted by Gasteiger charge is -2.02. The van der Waals surface area contributed by atoms with E-state index in [1.165, 1.54) is 5.56 Å². The van der Waals surface area contributed by atoms with Gasteiger partial charge in [-0.25, -0.2) is 4.98 Å². The van der Waals surface area contributed by atoms with Gasteiger partial charge in [0.15, 0.2) is 0 Å². The van der Waals surface area contributed by atoms with Crippen LogP contribution in [0.15, 0.2) is 66.7 Å². The lowest BCUT2D eigenvalue weighted by atomic mass is 10.0. The van der Waals surface area contributed by atoms with Gasteiger partial charge in [-0.05, 0) is 48.4 Å². The maximum Gasteiger partial charge on any atom is 0.141 e. The van der Waals surface area contributed by atoms with E-state index in [4.69, 9.17) is 16.6 Å². The molecule has 0 aliphatic carbocycles. The summed E-state index contributed by atoms with van der Waals surface area (Å²) >= 11 is 6.29. The molecule has 0 amide bonds. The molecule has 0 radical (unpaired) electrons. The van der Waals surface area contributed by atoms with Gasteiger partial charge < -0.3 is 9.97 Å². The van der Waals surface area contributed by atoms with Crippen LogP contribution < -0.4 is 0 Å². The van der Waals surface area contributed by atoms with Gasteiger partial charge >= 0.3 is 0 Å². The van der Waals surface area contributed by atoms with Crippen molar-refractivity contribution in [3.63, 3.8) is 0 Å². The topological polar surface area (TPSA) is 44.5 Å². The third-order valence-electron chi connectivity index (χ3n) is 4.70. The van der Waals surface area contributed by atoms with Gasteiger partial charge in [-0.15, -0.1) is 0 Å². The van der Waals surface area contributed by atoms with E-state index in [2.05, 4.69) is 47.2 Å². The number of nitrogens with one attached hydrogen (secondary N) is 2. The van der Waals surface area contributed by atoms with Crippen molar-refractivity contribution in [2.45, 2.75) is 6.92 Å². The molecule has 4 heteroatoms. The zero-order chi connectivity index (χ0) is 17.7. The second kappa shape index (κ2) is 5.75. The number of imidazole rings is 1. The Kier molecular flexibility index (Phi) is 3.37. The van der Waals surface area contributed by atoms with Crippen LogP contribution in [0.25, 0.3) is 44.6 Å². The van der Waals surface area contributed by atoms with Crippen molar-refractivity contribution in [1.29, 1.82) is 0 Å². The van der Waals surface area contributed by atoms with Crippen LogP contribution in [0.3, 0.4) is 0 Å². The molecule has 0 fully saturated rings. The summed E-state index contributed by atoms with van der Waals surface area (Å²) in [7, 11) is 0. The molecule has 0 spiro atoms. The maximum absolute atomic E-state index is 6.29. The molecule has 3 aromatic carbocycles. The summed E-state index contributed by atoms with van der Waals surface area (Å²) in [6, 6.07) is 22.5. The van der Waals surface area contributed by atoms with Gasteiger partial charge in [0.25, 0.3) is 0 Å². The van der Waals surface area contributed by atoms with Crippen LogP contribution in [0.2, 0.25) is 5.02 Å². The van der Waals surface area contributed by atoms with Crippen molar-refractivity contribution in [1.82, 2.24) is 15.0 Å².